The molecule has 2 unspecified atom stereocenters. The summed E-state index contributed by atoms with van der Waals surface area (Å²) in [5.41, 5.74) is 0.889. The molecule has 0 spiro atoms. The molecule has 21 heterocycles. The Morgan fingerprint density at radius 2 is 0.822 bits per heavy atom. The average Bonchev–Trinajstić information content (AvgIpc) is 1.55. The van der Waals surface area contributed by atoms with Gasteiger partial charge in [0.1, 0.15) is 0 Å². The molecule has 6 nitrogen and oxygen atoms in total. The van der Waals surface area contributed by atoms with Crippen LogP contribution in [0.2, 0.25) is 0 Å². The van der Waals surface area contributed by atoms with Gasteiger partial charge in [0.2, 0.25) is 0 Å². The number of hydrogen-bond donors (Lipinski definition) is 2. The molecule has 1 aliphatic heterocycles. The van der Waals surface area contributed by atoms with Crippen molar-refractivity contribution in [2.75, 3.05) is 27.5 Å². The normalized spacial score (nSPS) is 11.7. The van der Waals surface area contributed by atoms with Crippen molar-refractivity contribution < 1.29 is 72.8 Å². The number of methoxy groups -OCH3 is 1. The first kappa shape index (κ1) is 121. The average molecular weight is 3630 g/mol. The molecular weight excluding hydrogens is 3540 g/mol. The molecule has 700 valence electrons. The SMILES string of the molecule is Brc1c(Cc2ccc[te]2)sc2c(Br)c(Cc3ccc[te]3)sc12.Brc1sc2c(Br)c(Br)sc2c1Br.C.C.C1CCOC1.COc1c(Cc2ccc[te]2)sc2c(C=O)c(Cc3ccc[te]3)sc12.C[C-](C)C.O=Cc1ccc[te]1.OC(c1ccc[te]1)c1sc2c(Br)c(C(O)c3ccc[te]3)sc2c1Br.[2H]CF.[CH2-]CCC.[Li+].[Li+].c1cc2cc3c(cc2[te]1)sc1c2cc4cc[te]c4cc2sc31.c1cc[te]c1. The Balaban J connectivity index is 0.000000178. The summed E-state index contributed by atoms with van der Waals surface area (Å²) in [6.45, 7) is 14.0. The number of rotatable bonds is 16. The van der Waals surface area contributed by atoms with Crippen LogP contribution >= 0.6 is 241 Å². The summed E-state index contributed by atoms with van der Waals surface area (Å²) in [6.07, 6.45) is 9.95. The van der Waals surface area contributed by atoms with E-state index in [1.54, 1.807) is 89.1 Å². The van der Waals surface area contributed by atoms with Crippen LogP contribution in [0.15, 0.2) is 213 Å². The monoisotopic (exact) mass is 3640 g/mol. The van der Waals surface area contributed by atoms with E-state index in [2.05, 4.69) is 304 Å². The van der Waals surface area contributed by atoms with Crippen LogP contribution in [0.3, 0.4) is 0 Å². The molecule has 1 aliphatic rings. The number of hydrogen-bond acceptors (Lipinski definition) is 16. The summed E-state index contributed by atoms with van der Waals surface area (Å²) in [5, 5.41) is 27.3. The van der Waals surface area contributed by atoms with Crippen LogP contribution in [-0.4, -0.2) is 255 Å². The van der Waals surface area contributed by atoms with Crippen LogP contribution in [0.1, 0.15) is 151 Å². The van der Waals surface area contributed by atoms with E-state index in [0.29, 0.717) is 0 Å². The number of aliphatic hydroxyl groups is 2. The Morgan fingerprint density at radius 1 is 0.452 bits per heavy atom. The minimum absolute atomic E-state index is 0. The van der Waals surface area contributed by atoms with Crippen LogP contribution in [0.5, 0.6) is 5.75 Å². The number of alkyl halides is 1. The Kier molecular flexibility index (Phi) is 56.8. The van der Waals surface area contributed by atoms with Crippen molar-refractivity contribution in [2.24, 2.45) is 0 Å². The molecule has 0 amide bonds. The van der Waals surface area contributed by atoms with Crippen molar-refractivity contribution in [3.8, 4) is 5.75 Å². The minimum atomic E-state index is -1.00. The Morgan fingerprint density at radius 3 is 1.16 bits per heavy atom. The van der Waals surface area contributed by atoms with Gasteiger partial charge in [-0.2, -0.15) is 27.2 Å². The first-order valence-electron chi connectivity index (χ1n) is 40.4. The number of carbonyl (C=O) groups is 2. The number of thiophene rings is 10. The van der Waals surface area contributed by atoms with Crippen molar-refractivity contribution in [2.45, 2.75) is 106 Å². The number of benzene rings is 2. The number of aliphatic hydroxyl groups excluding tert-OH is 2. The number of fused-ring (bicyclic) bond motifs is 11. The van der Waals surface area contributed by atoms with Gasteiger partial charge in [0, 0.05) is 13.2 Å². The summed E-state index contributed by atoms with van der Waals surface area (Å²) in [6, 6.07) is 48.6. The first-order valence-corrected chi connectivity index (χ1v) is 79.5. The molecule has 0 aliphatic carbocycles. The van der Waals surface area contributed by atoms with E-state index in [0.717, 1.165) is 134 Å². The van der Waals surface area contributed by atoms with Crippen LogP contribution < -0.4 is 42.5 Å². The fourth-order valence-corrected chi connectivity index (χ4v) is 54.0. The summed E-state index contributed by atoms with van der Waals surface area (Å²) < 4.78 is 89.3. The summed E-state index contributed by atoms with van der Waals surface area (Å²) in [7, 11) is 0.749. The van der Waals surface area contributed by atoms with Crippen molar-refractivity contribution in [3.63, 3.8) is 0 Å². The predicted octanol–water partition coefficient (Wildman–Crippen LogP) is 27.5. The summed E-state index contributed by atoms with van der Waals surface area (Å²) in [5.74, 6) is 2.41. The third-order valence-corrected chi connectivity index (χ3v) is 66.3. The summed E-state index contributed by atoms with van der Waals surface area (Å²) in [4.78, 5) is 29.1. The van der Waals surface area contributed by atoms with Crippen molar-refractivity contribution in [3.05, 3.63) is 285 Å². The van der Waals surface area contributed by atoms with E-state index in [1.165, 1.54) is 120 Å². The van der Waals surface area contributed by atoms with Gasteiger partial charge in [0.05, 0.1) is 34.4 Å². The number of carbonyl (C=O) groups excluding carboxylic acids is 2. The summed E-state index contributed by atoms with van der Waals surface area (Å²) >= 11 is 46.1. The van der Waals surface area contributed by atoms with Gasteiger partial charge in [-0.15, -0.1) is 22.7 Å². The third kappa shape index (κ3) is 33.3. The van der Waals surface area contributed by atoms with Crippen LogP contribution in [0.25, 0.3) is 84.7 Å². The zero-order chi connectivity index (χ0) is 93.5. The Bertz CT molecular complexity index is 6910. The first-order chi connectivity index (χ1) is 64.1. The molecule has 2 N–H and O–H groups in total. The fourth-order valence-electron chi connectivity index (χ4n) is 12.6. The third-order valence-electron chi connectivity index (χ3n) is 18.6. The van der Waals surface area contributed by atoms with Crippen molar-refractivity contribution >= 4 is 542 Å². The second-order valence-electron chi connectivity index (χ2n) is 28.3. The molecular formula is C98H87Br8FLi2O6S10Te10. The van der Waals surface area contributed by atoms with E-state index < -0.39 is 19.4 Å². The molecule has 0 saturated carbocycles. The van der Waals surface area contributed by atoms with Gasteiger partial charge in [-0.05, 0) is 76.6 Å². The fraction of sp³-hybridized carbons (Fsp3) is 0.204. The molecule has 135 heavy (non-hydrogen) atoms. The van der Waals surface area contributed by atoms with Gasteiger partial charge in [0.25, 0.3) is 0 Å². The number of ether oxygens (including phenoxy) is 2. The molecule has 20 aromatic heterocycles. The van der Waals surface area contributed by atoms with E-state index in [1.807, 2.05) is 81.7 Å². The predicted molar refractivity (Wildman–Crippen MR) is 629 cm³/mol. The topological polar surface area (TPSA) is 93.1 Å². The second kappa shape index (κ2) is 63.2. The number of unbranched alkanes of at least 4 members (excludes halogenated alkanes) is 1. The maximum atomic E-state index is 11.8. The number of halogens is 9. The van der Waals surface area contributed by atoms with Gasteiger partial charge in [-0.25, -0.2) is 0 Å². The molecule has 37 heteroatoms. The van der Waals surface area contributed by atoms with Crippen LogP contribution in [-0.2, 0) is 30.4 Å². The van der Waals surface area contributed by atoms with E-state index in [-0.39, 0.29) is 257 Å². The van der Waals surface area contributed by atoms with Gasteiger partial charge < -0.3 is 17.6 Å². The molecule has 2 aromatic carbocycles. The van der Waals surface area contributed by atoms with Gasteiger partial charge in [-0.1, -0.05) is 28.2 Å². The molecule has 23 rings (SSSR count). The molecule has 2 atom stereocenters. The molecule has 22 aromatic rings. The molecule has 0 bridgehead atoms. The van der Waals surface area contributed by atoms with E-state index in [9.17, 15) is 24.2 Å². The van der Waals surface area contributed by atoms with Gasteiger partial charge in [-0.3, -0.25) is 4.39 Å². The number of aldehydes is 2. The Hall–Kier alpha value is 4.46. The maximum absolute atomic E-state index is 11.8. The molecule has 0 radical (unpaired) electrons. The zero-order valence-electron chi connectivity index (χ0n) is 72.9. The van der Waals surface area contributed by atoms with Gasteiger partial charge >= 0.3 is 816 Å². The van der Waals surface area contributed by atoms with Crippen molar-refractivity contribution in [1.29, 1.82) is 0 Å². The van der Waals surface area contributed by atoms with E-state index in [4.69, 9.17) is 10.8 Å². The molecule has 1 saturated heterocycles. The molecule has 1 fully saturated rings. The van der Waals surface area contributed by atoms with Gasteiger partial charge in [0.15, 0.2) is 0 Å². The zero-order valence-corrected chi connectivity index (χ0v) is 116. The van der Waals surface area contributed by atoms with E-state index >= 15 is 0 Å². The van der Waals surface area contributed by atoms with Crippen LogP contribution in [0, 0.1) is 12.8 Å². The Labute approximate surface area is 1020 Å². The second-order valence-corrected chi connectivity index (χ2v) is 74.3. The van der Waals surface area contributed by atoms with Crippen molar-refractivity contribution in [1.82, 2.24) is 0 Å². The van der Waals surface area contributed by atoms with Crippen LogP contribution in [0.4, 0.5) is 4.39 Å². The standard InChI is InChI=1S/C18H14O2S2Te2.C18H8S2Te2.C16H10Br2O2S2Te2.C16H10Br2S2Te2.C6Br4S2.C5H4OTe.C4H8O.C4H4Te.2C4H9.CH3F.2CH4.2Li/c1-20-16-15(9-12-5-3-7-24-12)22-17-13(10-19)14(21-18(16)17)8-11-4-2-6-23-11;1-3-21-15-7-13-11(5-9(1)15)17-18(19-13)12-6-10-2-4-22-16(10)8-14(12)20-17;17-9-13(11(19)7-3-1-5-23-7)21-16-10(18)14(22-15(9)16)12(20)8-4-2-6-24-8;17-13-11(7-9-3-1-5-21-9)19-16-14(18)12(20-15(13)16)8-10-4-2-6-22-10;7-1-3-4(12-5(1)9)2(8)6(10)11-3;6-4-5-2-1-3-7-5;2*1-2-4-5-3-1;1-4(2)3;1-3-4-2;1-2;;;;/h2-7,10H,8-9H2,1H3;1-8H;1-6,11-12,19-20H;1-6H,7-8H2;;1-4H;1-4H2;1-4H;1-3H3;1,3-4H2,2H3;1H3;2*1H4;;/q;;;;;;;;2*-1;;;;2*+1/i;;;;;;;;;;1D;;;;. The quantitative estimate of drug-likeness (QED) is 0.0569.